The topological polar surface area (TPSA) is 67.2 Å². The Balaban J connectivity index is 2.30. The van der Waals surface area contributed by atoms with Crippen LogP contribution in [0.3, 0.4) is 0 Å². The first kappa shape index (κ1) is 12.7. The lowest BCUT2D eigenvalue weighted by Crippen LogP contribution is -2.16. The first-order valence-electron chi connectivity index (χ1n) is 4.96. The van der Waals surface area contributed by atoms with Crippen LogP contribution in [0.15, 0.2) is 24.4 Å². The number of anilines is 1. The predicted octanol–water partition coefficient (Wildman–Crippen LogP) is 2.68. The summed E-state index contributed by atoms with van der Waals surface area (Å²) < 4.78 is 1.35. The summed E-state index contributed by atoms with van der Waals surface area (Å²) in [4.78, 5) is 12.0. The van der Waals surface area contributed by atoms with Crippen molar-refractivity contribution in [1.29, 1.82) is 0 Å². The van der Waals surface area contributed by atoms with Crippen LogP contribution >= 0.6 is 23.2 Å². The minimum Gasteiger partial charge on any atom is -0.506 e. The average Bonchev–Trinajstić information content (AvgIpc) is 2.63. The molecule has 0 bridgehead atoms. The van der Waals surface area contributed by atoms with Gasteiger partial charge >= 0.3 is 0 Å². The third-order valence-corrected chi connectivity index (χ3v) is 2.83. The largest absolute Gasteiger partial charge is 0.506 e. The number of phenols is 1. The highest BCUT2D eigenvalue weighted by molar-refractivity contribution is 6.34. The Hall–Kier alpha value is -1.72. The van der Waals surface area contributed by atoms with Crippen molar-refractivity contribution in [2.75, 3.05) is 5.32 Å². The second kappa shape index (κ2) is 4.88. The number of benzene rings is 1. The molecule has 0 fully saturated rings. The van der Waals surface area contributed by atoms with E-state index >= 15 is 0 Å². The van der Waals surface area contributed by atoms with Gasteiger partial charge in [0.25, 0.3) is 5.91 Å². The molecule has 0 radical (unpaired) electrons. The molecule has 0 aliphatic carbocycles. The SMILES string of the molecule is Cn1ncc(Cl)c1C(=O)Nc1cc(Cl)ccc1O. The highest BCUT2D eigenvalue weighted by atomic mass is 35.5. The molecule has 1 aromatic carbocycles. The Labute approximate surface area is 113 Å². The molecule has 0 spiro atoms. The van der Waals surface area contributed by atoms with Crippen molar-refractivity contribution < 1.29 is 9.90 Å². The van der Waals surface area contributed by atoms with Crippen LogP contribution in [0.2, 0.25) is 10.0 Å². The molecule has 5 nitrogen and oxygen atoms in total. The Morgan fingerprint density at radius 2 is 2.17 bits per heavy atom. The molecule has 0 saturated heterocycles. The van der Waals surface area contributed by atoms with Gasteiger partial charge in [0.1, 0.15) is 11.4 Å². The van der Waals surface area contributed by atoms with Crippen LogP contribution in [0.1, 0.15) is 10.5 Å². The van der Waals surface area contributed by atoms with Crippen molar-refractivity contribution in [3.05, 3.63) is 40.1 Å². The van der Waals surface area contributed by atoms with Crippen LogP contribution in [0.25, 0.3) is 0 Å². The number of carbonyl (C=O) groups is 1. The number of nitrogens with zero attached hydrogens (tertiary/aromatic N) is 2. The maximum Gasteiger partial charge on any atom is 0.275 e. The summed E-state index contributed by atoms with van der Waals surface area (Å²) in [6.07, 6.45) is 1.37. The maximum absolute atomic E-state index is 12.0. The maximum atomic E-state index is 12.0. The Morgan fingerprint density at radius 3 is 2.78 bits per heavy atom. The molecule has 0 atom stereocenters. The smallest absolute Gasteiger partial charge is 0.275 e. The fraction of sp³-hybridized carbons (Fsp3) is 0.0909. The zero-order chi connectivity index (χ0) is 13.3. The second-order valence-electron chi connectivity index (χ2n) is 3.58. The first-order chi connectivity index (χ1) is 8.49. The van der Waals surface area contributed by atoms with Gasteiger partial charge in [-0.05, 0) is 18.2 Å². The van der Waals surface area contributed by atoms with Crippen LogP contribution in [0, 0.1) is 0 Å². The number of hydrogen-bond acceptors (Lipinski definition) is 3. The molecule has 18 heavy (non-hydrogen) atoms. The Kier molecular flexibility index (Phi) is 3.45. The number of aromatic nitrogens is 2. The average molecular weight is 286 g/mol. The van der Waals surface area contributed by atoms with Crippen molar-refractivity contribution in [3.63, 3.8) is 0 Å². The number of rotatable bonds is 2. The summed E-state index contributed by atoms with van der Waals surface area (Å²) in [6, 6.07) is 4.35. The number of halogens is 2. The number of aryl methyl sites for hydroxylation is 1. The molecule has 0 saturated carbocycles. The third kappa shape index (κ3) is 2.42. The summed E-state index contributed by atoms with van der Waals surface area (Å²) in [5.41, 5.74) is 0.417. The van der Waals surface area contributed by atoms with E-state index in [-0.39, 0.29) is 22.2 Å². The lowest BCUT2D eigenvalue weighted by Gasteiger charge is -2.08. The highest BCUT2D eigenvalue weighted by Crippen LogP contribution is 2.27. The van der Waals surface area contributed by atoms with E-state index in [9.17, 15) is 9.90 Å². The van der Waals surface area contributed by atoms with Gasteiger partial charge in [0.2, 0.25) is 0 Å². The van der Waals surface area contributed by atoms with Crippen LogP contribution in [-0.4, -0.2) is 20.8 Å². The van der Waals surface area contributed by atoms with Crippen molar-refractivity contribution in [2.24, 2.45) is 7.05 Å². The number of hydrogen-bond donors (Lipinski definition) is 2. The zero-order valence-corrected chi connectivity index (χ0v) is 10.8. The van der Waals surface area contributed by atoms with Gasteiger partial charge in [0.15, 0.2) is 0 Å². The van der Waals surface area contributed by atoms with Gasteiger partial charge in [-0.1, -0.05) is 23.2 Å². The molecular weight excluding hydrogens is 277 g/mol. The summed E-state index contributed by atoms with van der Waals surface area (Å²) >= 11 is 11.6. The normalized spacial score (nSPS) is 10.4. The number of amides is 1. The van der Waals surface area contributed by atoms with Crippen LogP contribution < -0.4 is 5.32 Å². The molecule has 1 amide bonds. The van der Waals surface area contributed by atoms with Gasteiger partial charge in [0, 0.05) is 12.1 Å². The molecule has 0 unspecified atom stereocenters. The summed E-state index contributed by atoms with van der Waals surface area (Å²) in [5, 5.41) is 16.6. The summed E-state index contributed by atoms with van der Waals surface area (Å²) in [5.74, 6) is -0.552. The molecule has 0 aliphatic rings. The monoisotopic (exact) mass is 285 g/mol. The van der Waals surface area contributed by atoms with E-state index in [0.717, 1.165) is 0 Å². The van der Waals surface area contributed by atoms with Crippen LogP contribution in [-0.2, 0) is 7.05 Å². The predicted molar refractivity (Wildman–Crippen MR) is 69.3 cm³/mol. The third-order valence-electron chi connectivity index (χ3n) is 2.32. The van der Waals surface area contributed by atoms with Gasteiger partial charge in [0.05, 0.1) is 16.9 Å². The molecule has 2 rings (SSSR count). The van der Waals surface area contributed by atoms with Gasteiger partial charge in [-0.15, -0.1) is 0 Å². The number of nitrogens with one attached hydrogen (secondary N) is 1. The van der Waals surface area contributed by atoms with E-state index in [1.165, 1.54) is 29.1 Å². The van der Waals surface area contributed by atoms with Gasteiger partial charge in [-0.25, -0.2) is 0 Å². The Bertz CT molecular complexity index is 591. The number of carbonyl (C=O) groups excluding carboxylic acids is 1. The lowest BCUT2D eigenvalue weighted by molar-refractivity contribution is 0.101. The molecule has 1 heterocycles. The van der Waals surface area contributed by atoms with Crippen molar-refractivity contribution in [3.8, 4) is 5.75 Å². The van der Waals surface area contributed by atoms with E-state index in [2.05, 4.69) is 10.4 Å². The van der Waals surface area contributed by atoms with E-state index in [0.29, 0.717) is 5.02 Å². The molecular formula is C11H9Cl2N3O2. The number of phenolic OH excluding ortho intramolecular Hbond substituents is 1. The van der Waals surface area contributed by atoms with Crippen molar-refractivity contribution in [2.45, 2.75) is 0 Å². The van der Waals surface area contributed by atoms with Gasteiger partial charge in [-0.2, -0.15) is 5.10 Å². The fourth-order valence-electron chi connectivity index (χ4n) is 1.46. The quantitative estimate of drug-likeness (QED) is 0.834. The molecule has 7 heteroatoms. The fourth-order valence-corrected chi connectivity index (χ4v) is 1.88. The minimum atomic E-state index is -0.474. The van der Waals surface area contributed by atoms with E-state index in [1.807, 2.05) is 0 Å². The molecule has 2 aromatic rings. The minimum absolute atomic E-state index is 0.0777. The zero-order valence-electron chi connectivity index (χ0n) is 9.32. The van der Waals surface area contributed by atoms with E-state index in [1.54, 1.807) is 7.05 Å². The van der Waals surface area contributed by atoms with Gasteiger partial charge < -0.3 is 10.4 Å². The van der Waals surface area contributed by atoms with E-state index in [4.69, 9.17) is 23.2 Å². The molecule has 0 aliphatic heterocycles. The molecule has 2 N–H and O–H groups in total. The molecule has 94 valence electrons. The van der Waals surface area contributed by atoms with E-state index < -0.39 is 5.91 Å². The van der Waals surface area contributed by atoms with Crippen molar-refractivity contribution in [1.82, 2.24) is 9.78 Å². The van der Waals surface area contributed by atoms with Crippen LogP contribution in [0.4, 0.5) is 5.69 Å². The standard InChI is InChI=1S/C11H9Cl2N3O2/c1-16-10(7(13)5-14-16)11(18)15-8-4-6(12)2-3-9(8)17/h2-5,17H,1H3,(H,15,18). The highest BCUT2D eigenvalue weighted by Gasteiger charge is 2.17. The lowest BCUT2D eigenvalue weighted by atomic mass is 10.3. The second-order valence-corrected chi connectivity index (χ2v) is 4.42. The van der Waals surface area contributed by atoms with Gasteiger partial charge in [-0.3, -0.25) is 9.48 Å². The first-order valence-corrected chi connectivity index (χ1v) is 5.72. The number of aromatic hydroxyl groups is 1. The Morgan fingerprint density at radius 1 is 1.44 bits per heavy atom. The summed E-state index contributed by atoms with van der Waals surface area (Å²) in [7, 11) is 1.60. The van der Waals surface area contributed by atoms with Crippen LogP contribution in [0.5, 0.6) is 5.75 Å². The molecule has 1 aromatic heterocycles. The summed E-state index contributed by atoms with van der Waals surface area (Å²) in [6.45, 7) is 0. The van der Waals surface area contributed by atoms with Crippen molar-refractivity contribution >= 4 is 34.8 Å².